The second-order valence-corrected chi connectivity index (χ2v) is 6.78. The number of aromatic amines is 1. The van der Waals surface area contributed by atoms with Crippen LogP contribution in [0.5, 0.6) is 23.1 Å². The van der Waals surface area contributed by atoms with Crippen molar-refractivity contribution in [2.75, 3.05) is 20.8 Å². The van der Waals surface area contributed by atoms with Crippen LogP contribution in [-0.4, -0.2) is 31.0 Å². The monoisotopic (exact) mass is 418 g/mol. The third-order valence-corrected chi connectivity index (χ3v) is 5.14. The van der Waals surface area contributed by atoms with Crippen LogP contribution in [0.4, 0.5) is 0 Å². The third kappa shape index (κ3) is 3.40. The van der Waals surface area contributed by atoms with E-state index in [9.17, 15) is 5.26 Å². The number of nitrogens with zero attached hydrogens (tertiary/aromatic N) is 2. The third-order valence-electron chi connectivity index (χ3n) is 5.14. The molecule has 4 rings (SSSR count). The van der Waals surface area contributed by atoms with E-state index in [1.54, 1.807) is 14.2 Å². The summed E-state index contributed by atoms with van der Waals surface area (Å²) < 4.78 is 22.5. The van der Waals surface area contributed by atoms with Gasteiger partial charge in [-0.2, -0.15) is 5.26 Å². The molecule has 0 saturated heterocycles. The number of nitriles is 1. The van der Waals surface area contributed by atoms with E-state index in [0.29, 0.717) is 41.0 Å². The van der Waals surface area contributed by atoms with Crippen molar-refractivity contribution in [2.45, 2.75) is 12.8 Å². The molecule has 3 N–H and O–H groups in total. The van der Waals surface area contributed by atoms with Crippen molar-refractivity contribution in [3.63, 3.8) is 0 Å². The van der Waals surface area contributed by atoms with Gasteiger partial charge in [0.1, 0.15) is 28.9 Å². The Hall–Kier alpha value is -4.12. The summed E-state index contributed by atoms with van der Waals surface area (Å²) in [5, 5.41) is 17.3. The van der Waals surface area contributed by atoms with Gasteiger partial charge in [-0.3, -0.25) is 5.10 Å². The minimum absolute atomic E-state index is 0.0157. The number of benzene rings is 2. The van der Waals surface area contributed by atoms with Crippen molar-refractivity contribution in [1.29, 1.82) is 5.26 Å². The van der Waals surface area contributed by atoms with E-state index >= 15 is 0 Å². The Morgan fingerprint density at radius 2 is 1.97 bits per heavy atom. The average Bonchev–Trinajstić information content (AvgIpc) is 3.21. The number of hydrogen-bond acceptors (Lipinski definition) is 7. The first-order chi connectivity index (χ1) is 15.1. The molecule has 1 aliphatic heterocycles. The molecular weight excluding hydrogens is 396 g/mol. The zero-order chi connectivity index (χ0) is 22.0. The summed E-state index contributed by atoms with van der Waals surface area (Å²) in [5.74, 6) is 1.70. The summed E-state index contributed by atoms with van der Waals surface area (Å²) in [6.07, 6.45) is 0. The number of allylic oxidation sites excluding steroid dienone is 1. The summed E-state index contributed by atoms with van der Waals surface area (Å²) >= 11 is 0. The minimum atomic E-state index is -0.541. The molecule has 1 aromatic heterocycles. The molecule has 0 amide bonds. The van der Waals surface area contributed by atoms with Gasteiger partial charge in [0.15, 0.2) is 0 Å². The second-order valence-electron chi connectivity index (χ2n) is 6.78. The zero-order valence-electron chi connectivity index (χ0n) is 17.4. The molecular formula is C23H22N4O4. The highest BCUT2D eigenvalue weighted by Gasteiger charge is 2.37. The number of nitrogens with two attached hydrogens (primary N) is 1. The molecule has 0 spiro atoms. The van der Waals surface area contributed by atoms with E-state index in [4.69, 9.17) is 24.7 Å². The van der Waals surface area contributed by atoms with Crippen molar-refractivity contribution in [2.24, 2.45) is 5.73 Å². The Balaban J connectivity index is 1.99. The largest absolute Gasteiger partial charge is 0.497 e. The van der Waals surface area contributed by atoms with Gasteiger partial charge in [-0.05, 0) is 31.2 Å². The Kier molecular flexibility index (Phi) is 5.41. The lowest BCUT2D eigenvalue weighted by molar-refractivity contribution is 0.334. The van der Waals surface area contributed by atoms with Crippen molar-refractivity contribution < 1.29 is 18.9 Å². The van der Waals surface area contributed by atoms with Crippen LogP contribution >= 0.6 is 0 Å². The number of rotatable bonds is 6. The maximum absolute atomic E-state index is 9.94. The van der Waals surface area contributed by atoms with E-state index in [2.05, 4.69) is 16.3 Å². The Labute approximate surface area is 179 Å². The van der Waals surface area contributed by atoms with Crippen LogP contribution in [0, 0.1) is 11.3 Å². The molecule has 8 nitrogen and oxygen atoms in total. The fraction of sp³-hybridized carbons (Fsp3) is 0.217. The quantitative estimate of drug-likeness (QED) is 0.627. The molecule has 0 fully saturated rings. The van der Waals surface area contributed by atoms with Crippen LogP contribution in [0.2, 0.25) is 0 Å². The molecule has 0 bridgehead atoms. The molecule has 0 aliphatic carbocycles. The molecule has 1 aliphatic rings. The summed E-state index contributed by atoms with van der Waals surface area (Å²) in [4.78, 5) is 0. The molecule has 31 heavy (non-hydrogen) atoms. The van der Waals surface area contributed by atoms with Gasteiger partial charge in [0.2, 0.25) is 11.8 Å². The normalized spacial score (nSPS) is 15.0. The average molecular weight is 418 g/mol. The molecule has 3 aromatic rings. The lowest BCUT2D eigenvalue weighted by Gasteiger charge is -2.25. The van der Waals surface area contributed by atoms with Gasteiger partial charge in [0.05, 0.1) is 38.0 Å². The summed E-state index contributed by atoms with van der Waals surface area (Å²) in [5.41, 5.74) is 9.20. The standard InChI is InChI=1S/C23H22N4O4/c1-4-30-18-8-6-5-7-14(18)19-16(12-24)22(25)31-23-20(19)21(26-27-23)15-11-13(28-2)9-10-17(15)29-3/h5-11,19H,4,25H2,1-3H3,(H,26,27)/t19-/m0/s1. The van der Waals surface area contributed by atoms with Gasteiger partial charge in [-0.25, -0.2) is 0 Å². The second kappa shape index (κ2) is 8.32. The first kappa shape index (κ1) is 20.2. The van der Waals surface area contributed by atoms with E-state index in [1.165, 1.54) is 0 Å². The Morgan fingerprint density at radius 1 is 1.16 bits per heavy atom. The molecule has 2 heterocycles. The highest BCUT2D eigenvalue weighted by molar-refractivity contribution is 5.76. The zero-order valence-corrected chi connectivity index (χ0v) is 17.4. The van der Waals surface area contributed by atoms with Gasteiger partial charge in [-0.15, -0.1) is 5.10 Å². The maximum atomic E-state index is 9.94. The van der Waals surface area contributed by atoms with Crippen molar-refractivity contribution in [3.8, 4) is 40.5 Å². The van der Waals surface area contributed by atoms with Crippen molar-refractivity contribution in [1.82, 2.24) is 10.2 Å². The summed E-state index contributed by atoms with van der Waals surface area (Å²) in [6.45, 7) is 2.39. The van der Waals surface area contributed by atoms with Crippen LogP contribution in [0.3, 0.4) is 0 Å². The topological polar surface area (TPSA) is 115 Å². The molecule has 158 valence electrons. The minimum Gasteiger partial charge on any atom is -0.497 e. The molecule has 0 saturated carbocycles. The van der Waals surface area contributed by atoms with Gasteiger partial charge in [0, 0.05) is 11.1 Å². The molecule has 2 aromatic carbocycles. The molecule has 1 atom stereocenters. The Morgan fingerprint density at radius 3 is 2.68 bits per heavy atom. The maximum Gasteiger partial charge on any atom is 0.244 e. The highest BCUT2D eigenvalue weighted by Crippen LogP contribution is 2.49. The van der Waals surface area contributed by atoms with E-state index in [0.717, 1.165) is 11.1 Å². The number of methoxy groups -OCH3 is 2. The first-order valence-electron chi connectivity index (χ1n) is 9.72. The fourth-order valence-corrected chi connectivity index (χ4v) is 3.78. The van der Waals surface area contributed by atoms with E-state index in [-0.39, 0.29) is 11.5 Å². The summed E-state index contributed by atoms with van der Waals surface area (Å²) in [7, 11) is 3.18. The smallest absolute Gasteiger partial charge is 0.244 e. The number of aromatic nitrogens is 2. The highest BCUT2D eigenvalue weighted by atomic mass is 16.5. The number of fused-ring (bicyclic) bond motifs is 1. The van der Waals surface area contributed by atoms with Crippen LogP contribution in [0.1, 0.15) is 24.0 Å². The lowest BCUT2D eigenvalue weighted by Crippen LogP contribution is -2.21. The van der Waals surface area contributed by atoms with Gasteiger partial charge in [-0.1, -0.05) is 18.2 Å². The number of hydrogen-bond donors (Lipinski definition) is 2. The van der Waals surface area contributed by atoms with Crippen LogP contribution in [-0.2, 0) is 0 Å². The predicted molar refractivity (Wildman–Crippen MR) is 114 cm³/mol. The number of H-pyrrole nitrogens is 1. The number of ether oxygens (including phenoxy) is 4. The molecule has 8 heteroatoms. The Bertz CT molecular complexity index is 1190. The molecule has 0 unspecified atom stereocenters. The van der Waals surface area contributed by atoms with Crippen molar-refractivity contribution >= 4 is 0 Å². The first-order valence-corrected chi connectivity index (χ1v) is 9.72. The molecule has 0 radical (unpaired) electrons. The van der Waals surface area contributed by atoms with E-state index < -0.39 is 5.92 Å². The van der Waals surface area contributed by atoms with Crippen molar-refractivity contribution in [3.05, 3.63) is 65.0 Å². The fourth-order valence-electron chi connectivity index (χ4n) is 3.78. The van der Waals surface area contributed by atoms with Crippen LogP contribution in [0.15, 0.2) is 53.9 Å². The summed E-state index contributed by atoms with van der Waals surface area (Å²) in [6, 6.07) is 15.2. The number of para-hydroxylation sites is 1. The van der Waals surface area contributed by atoms with Crippen LogP contribution < -0.4 is 24.7 Å². The van der Waals surface area contributed by atoms with Gasteiger partial charge < -0.3 is 24.7 Å². The predicted octanol–water partition coefficient (Wildman–Crippen LogP) is 3.71. The lowest BCUT2D eigenvalue weighted by atomic mass is 9.82. The number of nitrogens with one attached hydrogen (secondary N) is 1. The van der Waals surface area contributed by atoms with E-state index in [1.807, 2.05) is 49.4 Å². The van der Waals surface area contributed by atoms with Crippen LogP contribution in [0.25, 0.3) is 11.3 Å². The van der Waals surface area contributed by atoms with Gasteiger partial charge >= 0.3 is 0 Å². The van der Waals surface area contributed by atoms with Gasteiger partial charge in [0.25, 0.3) is 0 Å². The SMILES string of the molecule is CCOc1ccccc1[C@H]1C(C#N)=C(N)Oc2n[nH]c(-c3cc(OC)ccc3OC)c21.